The largest absolute Gasteiger partial charge is 0.504 e. The molecule has 5 heteroatoms. The number of benzene rings is 2. The first-order chi connectivity index (χ1) is 9.60. The van der Waals surface area contributed by atoms with Gasteiger partial charge in [0.05, 0.1) is 21.3 Å². The summed E-state index contributed by atoms with van der Waals surface area (Å²) in [4.78, 5) is 0. The van der Waals surface area contributed by atoms with Crippen LogP contribution >= 0.6 is 0 Å². The molecule has 0 fully saturated rings. The van der Waals surface area contributed by atoms with E-state index in [-0.39, 0.29) is 11.5 Å². The standard InChI is InChI=1S/C15H16O5/c1-18-13-7-10(8-14(19-2)15(13)20-3)9-4-5-11(16)12(17)6-9/h4-8,16-17H,1-3H3. The van der Waals surface area contributed by atoms with Crippen LogP contribution in [0.4, 0.5) is 0 Å². The monoisotopic (exact) mass is 276 g/mol. The van der Waals surface area contributed by atoms with E-state index in [1.807, 2.05) is 0 Å². The van der Waals surface area contributed by atoms with Crippen molar-refractivity contribution in [2.45, 2.75) is 0 Å². The number of rotatable bonds is 4. The molecule has 0 aliphatic carbocycles. The smallest absolute Gasteiger partial charge is 0.203 e. The van der Waals surface area contributed by atoms with Gasteiger partial charge in [-0.2, -0.15) is 0 Å². The predicted molar refractivity (Wildman–Crippen MR) is 74.9 cm³/mol. The maximum absolute atomic E-state index is 9.58. The van der Waals surface area contributed by atoms with E-state index in [1.165, 1.54) is 33.5 Å². The highest BCUT2D eigenvalue weighted by Gasteiger charge is 2.14. The summed E-state index contributed by atoms with van der Waals surface area (Å²) in [5.41, 5.74) is 1.49. The number of aromatic hydroxyl groups is 2. The molecule has 2 N–H and O–H groups in total. The normalized spacial score (nSPS) is 10.2. The molecule has 0 amide bonds. The number of methoxy groups -OCH3 is 3. The Morgan fingerprint density at radius 2 is 1.30 bits per heavy atom. The minimum Gasteiger partial charge on any atom is -0.504 e. The lowest BCUT2D eigenvalue weighted by molar-refractivity contribution is 0.324. The fourth-order valence-corrected chi connectivity index (χ4v) is 1.95. The fourth-order valence-electron chi connectivity index (χ4n) is 1.95. The van der Waals surface area contributed by atoms with E-state index in [2.05, 4.69) is 0 Å². The zero-order valence-corrected chi connectivity index (χ0v) is 11.5. The third-order valence-electron chi connectivity index (χ3n) is 2.97. The number of hydrogen-bond acceptors (Lipinski definition) is 5. The maximum Gasteiger partial charge on any atom is 0.203 e. The predicted octanol–water partition coefficient (Wildman–Crippen LogP) is 2.79. The molecule has 0 unspecified atom stereocenters. The van der Waals surface area contributed by atoms with Crippen molar-refractivity contribution in [3.63, 3.8) is 0 Å². The maximum atomic E-state index is 9.58. The van der Waals surface area contributed by atoms with Crippen molar-refractivity contribution >= 4 is 0 Å². The fraction of sp³-hybridized carbons (Fsp3) is 0.200. The molecule has 0 atom stereocenters. The summed E-state index contributed by atoms with van der Waals surface area (Å²) in [6, 6.07) is 8.12. The first-order valence-corrected chi connectivity index (χ1v) is 5.93. The average Bonchev–Trinajstić information content (AvgIpc) is 2.48. The Bertz CT molecular complexity index is 597. The SMILES string of the molecule is COc1cc(-c2ccc(O)c(O)c2)cc(OC)c1OC. The van der Waals surface area contributed by atoms with Gasteiger partial charge in [-0.15, -0.1) is 0 Å². The van der Waals surface area contributed by atoms with Gasteiger partial charge in [0.15, 0.2) is 23.0 Å². The van der Waals surface area contributed by atoms with E-state index < -0.39 is 0 Å². The van der Waals surface area contributed by atoms with Crippen LogP contribution in [-0.4, -0.2) is 31.5 Å². The Labute approximate surface area is 117 Å². The van der Waals surface area contributed by atoms with Crippen LogP contribution in [0.3, 0.4) is 0 Å². The van der Waals surface area contributed by atoms with Crippen molar-refractivity contribution in [2.24, 2.45) is 0 Å². The number of hydrogen-bond donors (Lipinski definition) is 2. The number of phenols is 2. The summed E-state index contributed by atoms with van der Waals surface area (Å²) in [5.74, 6) is 1.20. The lowest BCUT2D eigenvalue weighted by Gasteiger charge is -2.14. The molecule has 0 spiro atoms. The van der Waals surface area contributed by atoms with Gasteiger partial charge < -0.3 is 24.4 Å². The second kappa shape index (κ2) is 5.61. The Morgan fingerprint density at radius 3 is 1.75 bits per heavy atom. The molecule has 0 radical (unpaired) electrons. The molecule has 0 aromatic heterocycles. The molecule has 0 saturated heterocycles. The Hall–Kier alpha value is -2.56. The summed E-state index contributed by atoms with van der Waals surface area (Å²) in [6.07, 6.45) is 0. The molecular weight excluding hydrogens is 260 g/mol. The van der Waals surface area contributed by atoms with Crippen LogP contribution in [0.15, 0.2) is 30.3 Å². The van der Waals surface area contributed by atoms with E-state index in [1.54, 1.807) is 18.2 Å². The second-order valence-corrected chi connectivity index (χ2v) is 4.12. The lowest BCUT2D eigenvalue weighted by atomic mass is 10.0. The van der Waals surface area contributed by atoms with Crippen molar-refractivity contribution in [1.29, 1.82) is 0 Å². The first-order valence-electron chi connectivity index (χ1n) is 5.93. The van der Waals surface area contributed by atoms with Gasteiger partial charge in [-0.1, -0.05) is 6.07 Å². The summed E-state index contributed by atoms with van der Waals surface area (Å²) in [7, 11) is 4.61. The summed E-state index contributed by atoms with van der Waals surface area (Å²) < 4.78 is 15.8. The third kappa shape index (κ3) is 2.42. The van der Waals surface area contributed by atoms with Crippen LogP contribution in [0.25, 0.3) is 11.1 Å². The van der Waals surface area contributed by atoms with Gasteiger partial charge in [0.2, 0.25) is 5.75 Å². The van der Waals surface area contributed by atoms with E-state index in [0.29, 0.717) is 17.2 Å². The topological polar surface area (TPSA) is 68.2 Å². The molecule has 0 saturated carbocycles. The van der Waals surface area contributed by atoms with Crippen molar-refractivity contribution in [3.8, 4) is 39.9 Å². The molecule has 20 heavy (non-hydrogen) atoms. The molecule has 0 aliphatic rings. The van der Waals surface area contributed by atoms with Gasteiger partial charge in [-0.05, 0) is 35.4 Å². The second-order valence-electron chi connectivity index (χ2n) is 4.12. The first kappa shape index (κ1) is 13.9. The lowest BCUT2D eigenvalue weighted by Crippen LogP contribution is -1.95. The molecule has 2 aromatic carbocycles. The quantitative estimate of drug-likeness (QED) is 0.840. The zero-order chi connectivity index (χ0) is 14.7. The molecule has 0 bridgehead atoms. The molecule has 5 nitrogen and oxygen atoms in total. The molecule has 2 aromatic rings. The van der Waals surface area contributed by atoms with Crippen LogP contribution < -0.4 is 14.2 Å². The van der Waals surface area contributed by atoms with Crippen molar-refractivity contribution in [3.05, 3.63) is 30.3 Å². The van der Waals surface area contributed by atoms with Gasteiger partial charge in [0.1, 0.15) is 0 Å². The minimum atomic E-state index is -0.184. The van der Waals surface area contributed by atoms with Crippen LogP contribution in [0.2, 0.25) is 0 Å². The molecule has 0 aliphatic heterocycles. The Morgan fingerprint density at radius 1 is 0.700 bits per heavy atom. The van der Waals surface area contributed by atoms with Crippen molar-refractivity contribution in [2.75, 3.05) is 21.3 Å². The third-order valence-corrected chi connectivity index (χ3v) is 2.97. The summed E-state index contributed by atoms with van der Waals surface area (Å²) >= 11 is 0. The average molecular weight is 276 g/mol. The summed E-state index contributed by atoms with van der Waals surface area (Å²) in [6.45, 7) is 0. The molecule has 106 valence electrons. The van der Waals surface area contributed by atoms with Gasteiger partial charge in [0, 0.05) is 0 Å². The van der Waals surface area contributed by atoms with Gasteiger partial charge >= 0.3 is 0 Å². The van der Waals surface area contributed by atoms with E-state index in [4.69, 9.17) is 14.2 Å². The Kier molecular flexibility index (Phi) is 3.89. The highest BCUT2D eigenvalue weighted by molar-refractivity contribution is 5.72. The molecule has 0 heterocycles. The van der Waals surface area contributed by atoms with Crippen LogP contribution in [0.5, 0.6) is 28.7 Å². The minimum absolute atomic E-state index is 0.166. The summed E-state index contributed by atoms with van der Waals surface area (Å²) in [5, 5.41) is 18.9. The molecule has 2 rings (SSSR count). The number of phenolic OH excluding ortho intramolecular Hbond substituents is 2. The van der Waals surface area contributed by atoms with Crippen molar-refractivity contribution in [1.82, 2.24) is 0 Å². The van der Waals surface area contributed by atoms with Crippen LogP contribution in [0.1, 0.15) is 0 Å². The van der Waals surface area contributed by atoms with Crippen molar-refractivity contribution < 1.29 is 24.4 Å². The molecular formula is C15H16O5. The highest BCUT2D eigenvalue weighted by atomic mass is 16.5. The van der Waals surface area contributed by atoms with E-state index in [9.17, 15) is 10.2 Å². The van der Waals surface area contributed by atoms with Gasteiger partial charge in [-0.3, -0.25) is 0 Å². The van der Waals surface area contributed by atoms with Crippen LogP contribution in [0, 0.1) is 0 Å². The van der Waals surface area contributed by atoms with E-state index >= 15 is 0 Å². The zero-order valence-electron chi connectivity index (χ0n) is 11.5. The van der Waals surface area contributed by atoms with Crippen LogP contribution in [-0.2, 0) is 0 Å². The van der Waals surface area contributed by atoms with Gasteiger partial charge in [-0.25, -0.2) is 0 Å². The highest BCUT2D eigenvalue weighted by Crippen LogP contribution is 2.42. The number of ether oxygens (including phenoxy) is 3. The van der Waals surface area contributed by atoms with E-state index in [0.717, 1.165) is 11.1 Å². The van der Waals surface area contributed by atoms with Gasteiger partial charge in [0.25, 0.3) is 0 Å². The Balaban J connectivity index is 2.59.